The summed E-state index contributed by atoms with van der Waals surface area (Å²) in [6.07, 6.45) is 1.67. The third-order valence-corrected chi connectivity index (χ3v) is 3.57. The largest absolute Gasteiger partial charge is 0.479 e. The number of benzene rings is 1. The van der Waals surface area contributed by atoms with Crippen LogP contribution in [0.3, 0.4) is 0 Å². The van der Waals surface area contributed by atoms with Crippen LogP contribution in [0.5, 0.6) is 0 Å². The van der Waals surface area contributed by atoms with Gasteiger partial charge in [-0.05, 0) is 25.3 Å². The summed E-state index contributed by atoms with van der Waals surface area (Å²) in [6, 6.07) is 9.57. The van der Waals surface area contributed by atoms with Crippen LogP contribution < -0.4 is 0 Å². The Morgan fingerprint density at radius 2 is 1.71 bits per heavy atom. The number of hydrogen-bond donors (Lipinski definition) is 1. The van der Waals surface area contributed by atoms with Crippen LogP contribution in [0.2, 0.25) is 0 Å². The number of rotatable bonds is 8. The Balaban J connectivity index is 0.000000754. The number of alkyl halides is 2. The van der Waals surface area contributed by atoms with Gasteiger partial charge in [-0.15, -0.1) is 0 Å². The van der Waals surface area contributed by atoms with Crippen molar-refractivity contribution in [1.82, 2.24) is 0 Å². The fourth-order valence-corrected chi connectivity index (χ4v) is 1.80. The molecule has 0 aliphatic carbocycles. The maximum Gasteiger partial charge on any atom is 0.337 e. The molecule has 1 N–H and O–H groups in total. The van der Waals surface area contributed by atoms with E-state index in [9.17, 15) is 14.4 Å². The van der Waals surface area contributed by atoms with Gasteiger partial charge < -0.3 is 9.84 Å². The normalized spacial score (nSPS) is 11.2. The molecule has 0 bridgehead atoms. The molecule has 0 amide bonds. The predicted octanol–water partition coefficient (Wildman–Crippen LogP) is 4.00. The Hall–Kier alpha value is -1.59. The van der Waals surface area contributed by atoms with Crippen LogP contribution in [0.4, 0.5) is 0 Å². The summed E-state index contributed by atoms with van der Waals surface area (Å²) in [5.74, 6) is -1.32. The van der Waals surface area contributed by atoms with Crippen LogP contribution in [-0.2, 0) is 25.7 Å². The fraction of sp³-hybridized carbons (Fsp3) is 0.471. The number of carboxylic acid groups (broad SMARTS) is 1. The first-order valence-corrected chi connectivity index (χ1v) is 8.36. The van der Waals surface area contributed by atoms with Crippen LogP contribution >= 0.6 is 23.2 Å². The number of carboxylic acids is 1. The Kier molecular flexibility index (Phi) is 11.9. The SMILES string of the molecule is CCC(CCC(=O)OCc1ccccc1)C(C)=O.O=C(O)C(Cl)Cl. The molecule has 1 atom stereocenters. The average Bonchev–Trinajstić information content (AvgIpc) is 2.54. The third kappa shape index (κ3) is 11.0. The van der Waals surface area contributed by atoms with E-state index in [1.165, 1.54) is 0 Å². The quantitative estimate of drug-likeness (QED) is 0.547. The van der Waals surface area contributed by atoms with Crippen molar-refractivity contribution >= 4 is 40.9 Å². The van der Waals surface area contributed by atoms with Gasteiger partial charge in [0.05, 0.1) is 0 Å². The lowest BCUT2D eigenvalue weighted by atomic mass is 9.96. The van der Waals surface area contributed by atoms with Crippen molar-refractivity contribution in [2.24, 2.45) is 5.92 Å². The highest BCUT2D eigenvalue weighted by molar-refractivity contribution is 6.52. The topological polar surface area (TPSA) is 80.7 Å². The van der Waals surface area contributed by atoms with E-state index in [4.69, 9.17) is 33.0 Å². The molecule has 0 radical (unpaired) electrons. The molecule has 0 spiro atoms. The lowest BCUT2D eigenvalue weighted by molar-refractivity contribution is -0.145. The molecule has 1 unspecified atom stereocenters. The molecular formula is C17H22Cl2O5. The van der Waals surface area contributed by atoms with Crippen LogP contribution in [0.25, 0.3) is 0 Å². The average molecular weight is 377 g/mol. The summed E-state index contributed by atoms with van der Waals surface area (Å²) in [6.45, 7) is 3.83. The summed E-state index contributed by atoms with van der Waals surface area (Å²) in [4.78, 5) is 30.9. The highest BCUT2D eigenvalue weighted by atomic mass is 35.5. The zero-order valence-corrected chi connectivity index (χ0v) is 15.2. The number of Topliss-reactive ketones (excluding diaryl/α,β-unsaturated/α-hetero) is 1. The second kappa shape index (κ2) is 12.8. The van der Waals surface area contributed by atoms with Gasteiger partial charge in [0, 0.05) is 12.3 Å². The van der Waals surface area contributed by atoms with Gasteiger partial charge in [0.2, 0.25) is 4.84 Å². The van der Waals surface area contributed by atoms with Gasteiger partial charge in [-0.3, -0.25) is 9.59 Å². The maximum absolute atomic E-state index is 11.5. The van der Waals surface area contributed by atoms with Gasteiger partial charge in [-0.25, -0.2) is 4.79 Å². The molecule has 0 saturated heterocycles. The van der Waals surface area contributed by atoms with E-state index in [-0.39, 0.29) is 17.7 Å². The Morgan fingerprint density at radius 1 is 1.17 bits per heavy atom. The van der Waals surface area contributed by atoms with Gasteiger partial charge in [-0.2, -0.15) is 0 Å². The van der Waals surface area contributed by atoms with E-state index in [1.807, 2.05) is 37.3 Å². The van der Waals surface area contributed by atoms with E-state index in [1.54, 1.807) is 6.92 Å². The van der Waals surface area contributed by atoms with Crippen molar-refractivity contribution in [3.8, 4) is 0 Å². The number of carbonyl (C=O) groups excluding carboxylic acids is 2. The van der Waals surface area contributed by atoms with Gasteiger partial charge in [0.25, 0.3) is 0 Å². The summed E-state index contributed by atoms with van der Waals surface area (Å²) in [7, 11) is 0. The summed E-state index contributed by atoms with van der Waals surface area (Å²) >= 11 is 9.56. The molecule has 1 aromatic carbocycles. The number of hydrogen-bond acceptors (Lipinski definition) is 4. The van der Waals surface area contributed by atoms with Crippen LogP contribution in [-0.4, -0.2) is 27.7 Å². The fourth-order valence-electron chi connectivity index (χ4n) is 1.80. The lowest BCUT2D eigenvalue weighted by Gasteiger charge is -2.10. The zero-order chi connectivity index (χ0) is 18.5. The molecule has 1 rings (SSSR count). The number of esters is 1. The minimum absolute atomic E-state index is 0.0192. The first-order valence-electron chi connectivity index (χ1n) is 7.48. The van der Waals surface area contributed by atoms with Gasteiger partial charge >= 0.3 is 11.9 Å². The van der Waals surface area contributed by atoms with E-state index >= 15 is 0 Å². The lowest BCUT2D eigenvalue weighted by Crippen LogP contribution is -2.13. The molecule has 0 heterocycles. The minimum Gasteiger partial charge on any atom is -0.479 e. The van der Waals surface area contributed by atoms with E-state index < -0.39 is 10.8 Å². The summed E-state index contributed by atoms with van der Waals surface area (Å²) in [5, 5.41) is 7.73. The first-order chi connectivity index (χ1) is 11.3. The highest BCUT2D eigenvalue weighted by Crippen LogP contribution is 2.13. The molecule has 0 saturated carbocycles. The van der Waals surface area contributed by atoms with Crippen molar-refractivity contribution in [1.29, 1.82) is 0 Å². The van der Waals surface area contributed by atoms with Crippen molar-refractivity contribution < 1.29 is 24.2 Å². The zero-order valence-electron chi connectivity index (χ0n) is 13.7. The molecule has 134 valence electrons. The number of carbonyl (C=O) groups is 3. The van der Waals surface area contributed by atoms with Gasteiger partial charge in [0.1, 0.15) is 12.4 Å². The molecule has 0 aliphatic rings. The summed E-state index contributed by atoms with van der Waals surface area (Å²) < 4.78 is 5.15. The first kappa shape index (κ1) is 22.4. The number of halogens is 2. The smallest absolute Gasteiger partial charge is 0.337 e. The third-order valence-electron chi connectivity index (χ3n) is 3.19. The number of ketones is 1. The van der Waals surface area contributed by atoms with Crippen molar-refractivity contribution in [3.05, 3.63) is 35.9 Å². The molecule has 5 nitrogen and oxygen atoms in total. The van der Waals surface area contributed by atoms with Gasteiger partial charge in [-0.1, -0.05) is 60.5 Å². The van der Waals surface area contributed by atoms with E-state index in [2.05, 4.69) is 0 Å². The second-order valence-electron chi connectivity index (χ2n) is 5.04. The minimum atomic E-state index is -1.29. The summed E-state index contributed by atoms with van der Waals surface area (Å²) in [5.41, 5.74) is 0.976. The highest BCUT2D eigenvalue weighted by Gasteiger charge is 2.14. The Bertz CT molecular complexity index is 517. The number of aliphatic carboxylic acids is 1. The monoisotopic (exact) mass is 376 g/mol. The second-order valence-corrected chi connectivity index (χ2v) is 6.14. The molecule has 1 aromatic rings. The molecule has 0 aromatic heterocycles. The standard InChI is InChI=1S/C15H20O3.C2H2Cl2O2/c1-3-14(12(2)16)9-10-15(17)18-11-13-7-5-4-6-8-13;3-1(4)2(5)6/h4-8,14H,3,9-11H2,1-2H3;1H,(H,5,6). The molecule has 0 fully saturated rings. The van der Waals surface area contributed by atoms with Crippen molar-refractivity contribution in [2.75, 3.05) is 0 Å². The van der Waals surface area contributed by atoms with Crippen LogP contribution in [0.15, 0.2) is 30.3 Å². The Morgan fingerprint density at radius 3 is 2.12 bits per heavy atom. The van der Waals surface area contributed by atoms with Crippen LogP contribution in [0, 0.1) is 5.92 Å². The predicted molar refractivity (Wildman–Crippen MR) is 93.1 cm³/mol. The molecule has 7 heteroatoms. The molecule has 24 heavy (non-hydrogen) atoms. The van der Waals surface area contributed by atoms with Gasteiger partial charge in [0.15, 0.2) is 0 Å². The molecular weight excluding hydrogens is 355 g/mol. The Labute approximate surface area is 151 Å². The van der Waals surface area contributed by atoms with Crippen molar-refractivity contribution in [2.45, 2.75) is 44.6 Å². The van der Waals surface area contributed by atoms with Crippen molar-refractivity contribution in [3.63, 3.8) is 0 Å². The number of ether oxygens (including phenoxy) is 1. The van der Waals surface area contributed by atoms with E-state index in [0.29, 0.717) is 19.4 Å². The maximum atomic E-state index is 11.5. The van der Waals surface area contributed by atoms with Crippen LogP contribution in [0.1, 0.15) is 38.7 Å². The van der Waals surface area contributed by atoms with E-state index in [0.717, 1.165) is 12.0 Å². The molecule has 0 aliphatic heterocycles.